The van der Waals surface area contributed by atoms with E-state index in [4.69, 9.17) is 0 Å². The van der Waals surface area contributed by atoms with E-state index in [0.29, 0.717) is 23.9 Å². The highest BCUT2D eigenvalue weighted by molar-refractivity contribution is 5.78. The summed E-state index contributed by atoms with van der Waals surface area (Å²) in [5, 5.41) is 7.69. The van der Waals surface area contributed by atoms with Gasteiger partial charge in [-0.25, -0.2) is 9.67 Å². The molecule has 0 saturated carbocycles. The van der Waals surface area contributed by atoms with Gasteiger partial charge in [0, 0.05) is 12.7 Å². The molecule has 2 aromatic carbocycles. The summed E-state index contributed by atoms with van der Waals surface area (Å²) >= 11 is 0. The van der Waals surface area contributed by atoms with Crippen molar-refractivity contribution in [3.8, 4) is 5.69 Å². The van der Waals surface area contributed by atoms with Gasteiger partial charge in [-0.2, -0.15) is 5.10 Å². The molecule has 0 aliphatic carbocycles. The first kappa shape index (κ1) is 17.7. The Kier molecular flexibility index (Phi) is 4.97. The first-order chi connectivity index (χ1) is 13.7. The van der Waals surface area contributed by atoms with Gasteiger partial charge in [0.15, 0.2) is 0 Å². The van der Waals surface area contributed by atoms with Crippen LogP contribution in [0.3, 0.4) is 0 Å². The molecule has 7 nitrogen and oxygen atoms in total. The molecule has 0 aliphatic heterocycles. The van der Waals surface area contributed by atoms with Crippen LogP contribution in [0, 0.1) is 0 Å². The molecule has 0 unspecified atom stereocenters. The molecule has 4 rings (SSSR count). The van der Waals surface area contributed by atoms with Gasteiger partial charge in [0.1, 0.15) is 6.54 Å². The Bertz CT molecular complexity index is 1160. The average molecular weight is 373 g/mol. The Morgan fingerprint density at radius 1 is 1.04 bits per heavy atom. The largest absolute Gasteiger partial charge is 0.354 e. The van der Waals surface area contributed by atoms with E-state index in [0.717, 1.165) is 11.3 Å². The van der Waals surface area contributed by atoms with Crippen molar-refractivity contribution in [2.45, 2.75) is 13.0 Å². The molecular weight excluding hydrogens is 354 g/mol. The minimum atomic E-state index is -0.227. The van der Waals surface area contributed by atoms with Crippen molar-refractivity contribution in [3.05, 3.63) is 89.2 Å². The fourth-order valence-electron chi connectivity index (χ4n) is 2.99. The first-order valence-corrected chi connectivity index (χ1v) is 9.00. The van der Waals surface area contributed by atoms with Crippen LogP contribution >= 0.6 is 0 Å². The van der Waals surface area contributed by atoms with Crippen LogP contribution in [0.5, 0.6) is 0 Å². The molecule has 0 saturated heterocycles. The number of carbonyl (C=O) groups excluding carboxylic acids is 1. The van der Waals surface area contributed by atoms with Crippen LogP contribution in [0.4, 0.5) is 0 Å². The number of benzene rings is 2. The number of aromatic nitrogens is 4. The second-order valence-electron chi connectivity index (χ2n) is 6.42. The highest BCUT2D eigenvalue weighted by Gasteiger charge is 2.08. The Hall–Kier alpha value is -3.74. The molecule has 0 spiro atoms. The van der Waals surface area contributed by atoms with Crippen molar-refractivity contribution in [2.24, 2.45) is 0 Å². The molecule has 0 bridgehead atoms. The lowest BCUT2D eigenvalue weighted by atomic mass is 10.2. The summed E-state index contributed by atoms with van der Waals surface area (Å²) in [4.78, 5) is 28.9. The molecule has 0 aliphatic rings. The van der Waals surface area contributed by atoms with Gasteiger partial charge in [-0.3, -0.25) is 14.2 Å². The van der Waals surface area contributed by atoms with E-state index in [9.17, 15) is 9.59 Å². The molecule has 2 aromatic heterocycles. The zero-order valence-electron chi connectivity index (χ0n) is 15.2. The predicted molar refractivity (Wildman–Crippen MR) is 106 cm³/mol. The number of para-hydroxylation sites is 2. The Morgan fingerprint density at radius 2 is 1.82 bits per heavy atom. The fraction of sp³-hybridized carbons (Fsp3) is 0.143. The number of fused-ring (bicyclic) bond motifs is 1. The van der Waals surface area contributed by atoms with Gasteiger partial charge in [0.25, 0.3) is 5.56 Å². The lowest BCUT2D eigenvalue weighted by Gasteiger charge is -2.07. The van der Waals surface area contributed by atoms with Crippen molar-refractivity contribution < 1.29 is 4.79 Å². The summed E-state index contributed by atoms with van der Waals surface area (Å²) < 4.78 is 3.13. The molecule has 1 amide bonds. The topological polar surface area (TPSA) is 81.8 Å². The van der Waals surface area contributed by atoms with Crippen LogP contribution in [0.1, 0.15) is 5.56 Å². The monoisotopic (exact) mass is 373 g/mol. The van der Waals surface area contributed by atoms with Crippen molar-refractivity contribution in [1.29, 1.82) is 0 Å². The van der Waals surface area contributed by atoms with Crippen LogP contribution in [0.25, 0.3) is 16.6 Å². The van der Waals surface area contributed by atoms with E-state index < -0.39 is 0 Å². The molecule has 1 N–H and O–H groups in total. The summed E-state index contributed by atoms with van der Waals surface area (Å²) in [6.45, 7) is 0.412. The molecule has 7 heteroatoms. The van der Waals surface area contributed by atoms with Crippen LogP contribution in [-0.2, 0) is 17.8 Å². The van der Waals surface area contributed by atoms with E-state index in [1.165, 1.54) is 10.9 Å². The van der Waals surface area contributed by atoms with Gasteiger partial charge >= 0.3 is 0 Å². The number of amides is 1. The second kappa shape index (κ2) is 7.87. The van der Waals surface area contributed by atoms with Gasteiger partial charge < -0.3 is 5.32 Å². The number of nitrogens with one attached hydrogen (secondary N) is 1. The summed E-state index contributed by atoms with van der Waals surface area (Å²) in [7, 11) is 0. The fourth-order valence-corrected chi connectivity index (χ4v) is 2.99. The Morgan fingerprint density at radius 3 is 2.68 bits per heavy atom. The van der Waals surface area contributed by atoms with Gasteiger partial charge in [-0.05, 0) is 36.2 Å². The van der Waals surface area contributed by atoms with Gasteiger partial charge in [0.05, 0.1) is 29.1 Å². The van der Waals surface area contributed by atoms with Crippen LogP contribution in [0.2, 0.25) is 0 Å². The normalized spacial score (nSPS) is 10.9. The number of hydrogen-bond donors (Lipinski definition) is 1. The van der Waals surface area contributed by atoms with Crippen LogP contribution in [0.15, 0.2) is 78.1 Å². The number of rotatable bonds is 6. The quantitative estimate of drug-likeness (QED) is 0.560. The molecule has 0 atom stereocenters. The molecule has 4 aromatic rings. The van der Waals surface area contributed by atoms with Crippen LogP contribution < -0.4 is 10.9 Å². The van der Waals surface area contributed by atoms with E-state index in [1.54, 1.807) is 29.1 Å². The number of nitrogens with zero attached hydrogens (tertiary/aromatic N) is 4. The minimum absolute atomic E-state index is 0.0556. The second-order valence-corrected chi connectivity index (χ2v) is 6.42. The van der Waals surface area contributed by atoms with Crippen molar-refractivity contribution >= 4 is 16.8 Å². The maximum Gasteiger partial charge on any atom is 0.261 e. The molecule has 0 radical (unpaired) electrons. The zero-order chi connectivity index (χ0) is 19.3. The Labute approximate surface area is 161 Å². The van der Waals surface area contributed by atoms with Gasteiger partial charge in [0.2, 0.25) is 5.91 Å². The third-order valence-electron chi connectivity index (χ3n) is 4.44. The summed E-state index contributed by atoms with van der Waals surface area (Å²) in [6.07, 6.45) is 5.80. The summed E-state index contributed by atoms with van der Waals surface area (Å²) in [6, 6.07) is 16.9. The standard InChI is InChI=1S/C21H19N5O2/c27-20(14-25-15-23-19-9-5-4-8-18(19)21(25)28)22-11-10-16-12-24-26(13-16)17-6-2-1-3-7-17/h1-9,12-13,15H,10-11,14H2,(H,22,27). The third-order valence-corrected chi connectivity index (χ3v) is 4.44. The third kappa shape index (κ3) is 3.83. The summed E-state index contributed by atoms with van der Waals surface area (Å²) in [5.41, 5.74) is 2.42. The first-order valence-electron chi connectivity index (χ1n) is 9.00. The summed E-state index contributed by atoms with van der Waals surface area (Å²) in [5.74, 6) is -0.227. The van der Waals surface area contributed by atoms with Crippen LogP contribution in [-0.4, -0.2) is 31.8 Å². The van der Waals surface area contributed by atoms with Crippen molar-refractivity contribution in [1.82, 2.24) is 24.6 Å². The predicted octanol–water partition coefficient (Wildman–Crippen LogP) is 1.94. The lowest BCUT2D eigenvalue weighted by Crippen LogP contribution is -2.33. The number of carbonyl (C=O) groups is 1. The van der Waals surface area contributed by atoms with E-state index >= 15 is 0 Å². The van der Waals surface area contributed by atoms with E-state index in [-0.39, 0.29) is 18.0 Å². The molecule has 140 valence electrons. The molecular formula is C21H19N5O2. The van der Waals surface area contributed by atoms with Crippen molar-refractivity contribution in [2.75, 3.05) is 6.54 Å². The maximum absolute atomic E-state index is 12.4. The smallest absolute Gasteiger partial charge is 0.261 e. The Balaban J connectivity index is 1.34. The average Bonchev–Trinajstić information content (AvgIpc) is 3.20. The van der Waals surface area contributed by atoms with Gasteiger partial charge in [-0.15, -0.1) is 0 Å². The van der Waals surface area contributed by atoms with E-state index in [1.807, 2.05) is 42.6 Å². The van der Waals surface area contributed by atoms with E-state index in [2.05, 4.69) is 15.4 Å². The maximum atomic E-state index is 12.4. The van der Waals surface area contributed by atoms with Crippen molar-refractivity contribution in [3.63, 3.8) is 0 Å². The molecule has 2 heterocycles. The number of hydrogen-bond acceptors (Lipinski definition) is 4. The molecule has 0 fully saturated rings. The lowest BCUT2D eigenvalue weighted by molar-refractivity contribution is -0.121. The highest BCUT2D eigenvalue weighted by atomic mass is 16.2. The molecule has 28 heavy (non-hydrogen) atoms. The van der Waals surface area contributed by atoms with Gasteiger partial charge in [-0.1, -0.05) is 30.3 Å². The zero-order valence-corrected chi connectivity index (χ0v) is 15.2. The SMILES string of the molecule is O=C(Cn1cnc2ccccc2c1=O)NCCc1cnn(-c2ccccc2)c1. The minimum Gasteiger partial charge on any atom is -0.354 e. The highest BCUT2D eigenvalue weighted by Crippen LogP contribution is 2.08.